The monoisotopic (exact) mass is 1060 g/mol. The van der Waals surface area contributed by atoms with E-state index in [1.807, 2.05) is 0 Å². The molecule has 2 amide bonds. The Morgan fingerprint density at radius 1 is 0.613 bits per heavy atom. The Hall–Kier alpha value is -7.94. The molecule has 75 heavy (non-hydrogen) atoms. The predicted octanol–water partition coefficient (Wildman–Crippen LogP) is 5.04. The van der Waals surface area contributed by atoms with E-state index in [0.29, 0.717) is 38.6 Å². The molecule has 4 heterocycles. The summed E-state index contributed by atoms with van der Waals surface area (Å²) in [4.78, 5) is 58.6. The van der Waals surface area contributed by atoms with Crippen molar-refractivity contribution in [2.24, 2.45) is 0 Å². The fraction of sp³-hybridized carbons (Fsp3) is 0.176. The molecule has 0 saturated carbocycles. The number of nitrogens with one attached hydrogen (secondary N) is 2. The van der Waals surface area contributed by atoms with Crippen LogP contribution in [-0.2, 0) is 24.8 Å². The largest absolute Gasteiger partial charge is 1.00 e. The summed E-state index contributed by atoms with van der Waals surface area (Å²) in [6.45, 7) is 3.30. The number of halogens is 2. The van der Waals surface area contributed by atoms with Crippen LogP contribution in [0.2, 0.25) is 0 Å². The molecule has 0 radical (unpaired) electrons. The summed E-state index contributed by atoms with van der Waals surface area (Å²) in [6.07, 6.45) is 2.07. The smallest absolute Gasteiger partial charge is 0.870 e. The number of anilines is 2. The van der Waals surface area contributed by atoms with Crippen molar-refractivity contribution in [1.82, 2.24) is 20.6 Å². The van der Waals surface area contributed by atoms with Gasteiger partial charge >= 0.3 is 30.8 Å². The molecule has 0 bridgehead atoms. The zero-order valence-corrected chi connectivity index (χ0v) is 43.6. The molecule has 0 fully saturated rings. The number of ether oxygens (including phenoxy) is 1. The van der Waals surface area contributed by atoms with Crippen molar-refractivity contribution >= 4 is 77.1 Å². The number of aromatic nitrogens is 2. The third-order valence-electron chi connectivity index (χ3n) is 11.7. The normalized spacial score (nSPS) is 11.1. The average Bonchev–Trinajstić information content (AvgIpc) is 3.93. The van der Waals surface area contributed by atoms with Gasteiger partial charge in [0, 0.05) is 73.3 Å². The Labute approximate surface area is 441 Å². The Balaban J connectivity index is 0.000000270. The number of sulfonamides is 2. The molecule has 0 saturated heterocycles. The van der Waals surface area contributed by atoms with Crippen molar-refractivity contribution in [3.05, 3.63) is 142 Å². The van der Waals surface area contributed by atoms with Crippen molar-refractivity contribution in [3.63, 3.8) is 0 Å². The number of fused-ring (bicyclic) bond motifs is 2. The minimum Gasteiger partial charge on any atom is -0.870 e. The van der Waals surface area contributed by atoms with E-state index in [2.05, 4.69) is 20.6 Å². The van der Waals surface area contributed by atoms with E-state index < -0.39 is 55.4 Å². The molecule has 0 unspecified atom stereocenters. The molecule has 24 heteroatoms. The third kappa shape index (κ3) is 11.7. The molecule has 4 aromatic carbocycles. The summed E-state index contributed by atoms with van der Waals surface area (Å²) < 4.78 is 95.9. The molecule has 4 aromatic heterocycles. The average molecular weight is 1060 g/mol. The molecule has 19 nitrogen and oxygen atoms in total. The van der Waals surface area contributed by atoms with Crippen LogP contribution in [0.15, 0.2) is 106 Å². The fourth-order valence-electron chi connectivity index (χ4n) is 7.74. The summed E-state index contributed by atoms with van der Waals surface area (Å²) in [5.41, 5.74) is 4.00. The summed E-state index contributed by atoms with van der Waals surface area (Å²) >= 11 is 0. The van der Waals surface area contributed by atoms with Gasteiger partial charge in [-0.1, -0.05) is 12.1 Å². The van der Waals surface area contributed by atoms with Gasteiger partial charge in [-0.2, -0.15) is 0 Å². The Kier molecular flexibility index (Phi) is 17.5. The van der Waals surface area contributed by atoms with Gasteiger partial charge < -0.3 is 34.8 Å². The molecule has 0 aliphatic rings. The van der Waals surface area contributed by atoms with E-state index in [4.69, 9.17) is 13.6 Å². The zero-order valence-electron chi connectivity index (χ0n) is 42.0. The Morgan fingerprint density at radius 2 is 0.973 bits per heavy atom. The number of hydrogen-bond donors (Lipinski definition) is 3. The molecule has 386 valence electrons. The Bertz CT molecular complexity index is 3780. The Morgan fingerprint density at radius 3 is 1.31 bits per heavy atom. The second kappa shape index (κ2) is 22.7. The standard InChI is InChI=1S/C26H24FN3O6S.C25H22FN3O6S.Li.H2O/c1-14-6-11-19(29-23(14)26(32)35-4)17-12-18-21(13-20(17)30(3)37(5,33)34)36-24(22(18)25(31)28-2)15-7-9-16(27)10-8-15;1-13-5-10-18(28-22(13)25(31)32)16-11-17-20(12-19(16)29(3)36(4,33)34)35-23(21(17)24(30)27-2)14-6-8-15(26)9-7-14;;/h6-13H,1-5H3,(H,28,31);5-12H,1-4H3,(H,27,30)(H,31,32);;1H2/q;;+1;/p-1. The van der Waals surface area contributed by atoms with Gasteiger partial charge in [0.1, 0.15) is 34.3 Å². The number of nitrogens with zero attached hydrogens (tertiary/aromatic N) is 4. The van der Waals surface area contributed by atoms with Gasteiger partial charge in [0.25, 0.3) is 11.8 Å². The van der Waals surface area contributed by atoms with Crippen LogP contribution in [0, 0.1) is 25.5 Å². The number of furan rings is 2. The van der Waals surface area contributed by atoms with Gasteiger partial charge in [-0.15, -0.1) is 0 Å². The number of carboxylic acid groups (broad SMARTS) is 1. The van der Waals surface area contributed by atoms with Gasteiger partial charge in [-0.05, 0) is 97.8 Å². The quantitative estimate of drug-likeness (QED) is 0.107. The fourth-order valence-corrected chi connectivity index (χ4v) is 8.76. The maximum absolute atomic E-state index is 13.6. The van der Waals surface area contributed by atoms with Crippen LogP contribution in [0.1, 0.15) is 52.8 Å². The predicted molar refractivity (Wildman–Crippen MR) is 273 cm³/mol. The van der Waals surface area contributed by atoms with Crippen molar-refractivity contribution in [3.8, 4) is 45.2 Å². The number of benzene rings is 4. The van der Waals surface area contributed by atoms with Gasteiger partial charge in [-0.25, -0.2) is 45.2 Å². The number of methoxy groups -OCH3 is 1. The van der Waals surface area contributed by atoms with Crippen LogP contribution in [0.3, 0.4) is 0 Å². The van der Waals surface area contributed by atoms with E-state index in [1.165, 1.54) is 102 Å². The zero-order chi connectivity index (χ0) is 53.4. The molecule has 4 N–H and O–H groups in total. The second-order valence-corrected chi connectivity index (χ2v) is 20.5. The number of amides is 2. The first-order chi connectivity index (χ1) is 34.4. The number of esters is 1. The first-order valence-corrected chi connectivity index (χ1v) is 25.4. The maximum Gasteiger partial charge on any atom is 1.00 e. The molecular formula is C51H47F2LiN6O13S2. The van der Waals surface area contributed by atoms with Gasteiger partial charge in [0.15, 0.2) is 11.4 Å². The van der Waals surface area contributed by atoms with E-state index in [9.17, 15) is 49.9 Å². The van der Waals surface area contributed by atoms with Gasteiger partial charge in [0.2, 0.25) is 20.0 Å². The topological polar surface area (TPSA) is 279 Å². The number of aromatic carboxylic acids is 1. The van der Waals surface area contributed by atoms with Crippen LogP contribution in [-0.4, -0.2) is 109 Å². The van der Waals surface area contributed by atoms with E-state index >= 15 is 0 Å². The molecule has 8 rings (SSSR count). The minimum absolute atomic E-state index is 0. The summed E-state index contributed by atoms with van der Waals surface area (Å²) in [6, 6.07) is 23.4. The van der Waals surface area contributed by atoms with E-state index in [0.717, 1.165) is 21.1 Å². The number of rotatable bonds is 12. The number of carboxylic acids is 1. The molecule has 0 spiro atoms. The number of pyridine rings is 2. The van der Waals surface area contributed by atoms with Crippen LogP contribution in [0.5, 0.6) is 0 Å². The number of aryl methyl sites for hydroxylation is 2. The SMILES string of the molecule is CNC(=O)c1c(-c2ccc(F)cc2)oc2cc(N(C)S(C)(=O)=O)c(-c3ccc(C)c(C(=O)O)n3)cc12.CNC(=O)c1c(-c2ccc(F)cc2)oc2cc(N(C)S(C)(=O)=O)c(-c3ccc(C)c(C(=O)OC)n3)cc12.[Li+].[OH-]. The summed E-state index contributed by atoms with van der Waals surface area (Å²) in [5.74, 6) is -3.38. The van der Waals surface area contributed by atoms with Crippen molar-refractivity contribution < 1.29 is 87.8 Å². The van der Waals surface area contributed by atoms with Crippen molar-refractivity contribution in [2.45, 2.75) is 13.8 Å². The number of carbonyl (C=O) groups excluding carboxylic acids is 3. The van der Waals surface area contributed by atoms with E-state index in [1.54, 1.807) is 44.2 Å². The maximum atomic E-state index is 13.6. The van der Waals surface area contributed by atoms with Crippen LogP contribution < -0.4 is 38.1 Å². The van der Waals surface area contributed by atoms with Crippen molar-refractivity contribution in [1.29, 1.82) is 0 Å². The molecular weight excluding hydrogens is 1010 g/mol. The van der Waals surface area contributed by atoms with Crippen molar-refractivity contribution in [2.75, 3.05) is 56.4 Å². The summed E-state index contributed by atoms with van der Waals surface area (Å²) in [7, 11) is -0.600. The first kappa shape index (κ1) is 58.0. The first-order valence-electron chi connectivity index (χ1n) is 21.7. The summed E-state index contributed by atoms with van der Waals surface area (Å²) in [5, 5.41) is 15.4. The second-order valence-electron chi connectivity index (χ2n) is 16.5. The third-order valence-corrected chi connectivity index (χ3v) is 14.1. The molecule has 8 aromatic rings. The molecule has 0 aliphatic heterocycles. The van der Waals surface area contributed by atoms with Crippen LogP contribution >= 0.6 is 0 Å². The van der Waals surface area contributed by atoms with Crippen LogP contribution in [0.4, 0.5) is 20.2 Å². The molecule has 0 aliphatic carbocycles. The van der Waals surface area contributed by atoms with Crippen LogP contribution in [0.25, 0.3) is 67.1 Å². The number of hydrogen-bond acceptors (Lipinski definition) is 14. The molecule has 0 atom stereocenters. The van der Waals surface area contributed by atoms with E-state index in [-0.39, 0.29) is 97.9 Å². The van der Waals surface area contributed by atoms with Gasteiger partial charge in [0.05, 0.1) is 53.5 Å². The minimum atomic E-state index is -3.74. The van der Waals surface area contributed by atoms with Gasteiger partial charge in [-0.3, -0.25) is 18.2 Å². The number of carbonyl (C=O) groups is 4.